The summed E-state index contributed by atoms with van der Waals surface area (Å²) in [7, 11) is 1.34. The predicted molar refractivity (Wildman–Crippen MR) is 86.9 cm³/mol. The van der Waals surface area contributed by atoms with Crippen molar-refractivity contribution in [2.24, 2.45) is 0 Å². The highest BCUT2D eigenvalue weighted by molar-refractivity contribution is 6.32. The third-order valence-corrected chi connectivity index (χ3v) is 3.88. The van der Waals surface area contributed by atoms with E-state index in [9.17, 15) is 9.59 Å². The fourth-order valence-corrected chi connectivity index (χ4v) is 2.39. The number of esters is 1. The van der Waals surface area contributed by atoms with Gasteiger partial charge in [-0.1, -0.05) is 11.6 Å². The highest BCUT2D eigenvalue weighted by atomic mass is 35.5. The number of hydrogen-bond acceptors (Lipinski definition) is 4. The van der Waals surface area contributed by atoms with Gasteiger partial charge in [0.1, 0.15) is 5.75 Å². The number of carbonyl (C=O) groups excluding carboxylic acids is 2. The highest BCUT2D eigenvalue weighted by Crippen LogP contribution is 2.33. The standard InChI is InChI=1S/C17H23ClO4/c1-10(2)22-14-9-11(3)17(18)12(4)16(14)13(19)7-6-8-15(20)21-5/h9-10H,6-8H2,1-5H3. The zero-order chi connectivity index (χ0) is 16.9. The highest BCUT2D eigenvalue weighted by Gasteiger charge is 2.20. The Balaban J connectivity index is 3.02. The molecule has 0 atom stereocenters. The van der Waals surface area contributed by atoms with Gasteiger partial charge < -0.3 is 9.47 Å². The first-order valence-electron chi connectivity index (χ1n) is 7.34. The monoisotopic (exact) mass is 326 g/mol. The van der Waals surface area contributed by atoms with Crippen LogP contribution in [0.5, 0.6) is 5.75 Å². The topological polar surface area (TPSA) is 52.6 Å². The van der Waals surface area contributed by atoms with Gasteiger partial charge in [-0.3, -0.25) is 9.59 Å². The molecule has 0 saturated heterocycles. The second-order valence-electron chi connectivity index (χ2n) is 5.53. The number of ether oxygens (including phenoxy) is 2. The van der Waals surface area contributed by atoms with E-state index in [1.165, 1.54) is 7.11 Å². The molecule has 0 aliphatic carbocycles. The first-order chi connectivity index (χ1) is 10.3. The van der Waals surface area contributed by atoms with Crippen LogP contribution in [0.2, 0.25) is 5.02 Å². The zero-order valence-electron chi connectivity index (χ0n) is 13.8. The van der Waals surface area contributed by atoms with Crippen molar-refractivity contribution in [3.05, 3.63) is 27.8 Å². The third-order valence-electron chi connectivity index (χ3n) is 3.30. The Kier molecular flexibility index (Phi) is 6.88. The second kappa shape index (κ2) is 8.18. The maximum absolute atomic E-state index is 12.5. The summed E-state index contributed by atoms with van der Waals surface area (Å²) in [6.07, 6.45) is 0.879. The maximum atomic E-state index is 12.5. The third kappa shape index (κ3) is 4.73. The Hall–Kier alpha value is -1.55. The minimum absolute atomic E-state index is 0.0402. The van der Waals surface area contributed by atoms with Gasteiger partial charge in [0, 0.05) is 17.9 Å². The molecule has 0 heterocycles. The van der Waals surface area contributed by atoms with Crippen LogP contribution in [0.25, 0.3) is 0 Å². The largest absolute Gasteiger partial charge is 0.490 e. The van der Waals surface area contributed by atoms with Crippen molar-refractivity contribution in [1.29, 1.82) is 0 Å². The molecule has 0 aromatic heterocycles. The van der Waals surface area contributed by atoms with Gasteiger partial charge in [-0.25, -0.2) is 0 Å². The molecule has 1 aromatic carbocycles. The van der Waals surface area contributed by atoms with E-state index in [2.05, 4.69) is 4.74 Å². The van der Waals surface area contributed by atoms with E-state index < -0.39 is 0 Å². The van der Waals surface area contributed by atoms with E-state index in [-0.39, 0.29) is 30.7 Å². The van der Waals surface area contributed by atoms with Crippen molar-refractivity contribution in [1.82, 2.24) is 0 Å². The van der Waals surface area contributed by atoms with E-state index in [0.717, 1.165) is 11.1 Å². The summed E-state index contributed by atoms with van der Waals surface area (Å²) in [6, 6.07) is 1.79. The van der Waals surface area contributed by atoms with E-state index in [1.54, 1.807) is 6.07 Å². The maximum Gasteiger partial charge on any atom is 0.305 e. The summed E-state index contributed by atoms with van der Waals surface area (Å²) in [5, 5.41) is 0.576. The van der Waals surface area contributed by atoms with Gasteiger partial charge in [-0.2, -0.15) is 0 Å². The van der Waals surface area contributed by atoms with Crippen LogP contribution in [-0.4, -0.2) is 25.0 Å². The molecule has 122 valence electrons. The number of carbonyl (C=O) groups is 2. The van der Waals surface area contributed by atoms with Crippen LogP contribution in [0.3, 0.4) is 0 Å². The quantitative estimate of drug-likeness (QED) is 0.554. The molecular formula is C17H23ClO4. The smallest absolute Gasteiger partial charge is 0.305 e. The lowest BCUT2D eigenvalue weighted by molar-refractivity contribution is -0.140. The lowest BCUT2D eigenvalue weighted by Crippen LogP contribution is -2.13. The Morgan fingerprint density at radius 1 is 1.23 bits per heavy atom. The number of hydrogen-bond donors (Lipinski definition) is 0. The van der Waals surface area contributed by atoms with Crippen molar-refractivity contribution in [2.75, 3.05) is 7.11 Å². The number of Topliss-reactive ketones (excluding diaryl/α,β-unsaturated/α-hetero) is 1. The molecule has 0 bridgehead atoms. The molecule has 4 nitrogen and oxygen atoms in total. The van der Waals surface area contributed by atoms with Crippen LogP contribution in [0.15, 0.2) is 6.07 Å². The minimum atomic E-state index is -0.315. The molecule has 0 N–H and O–H groups in total. The van der Waals surface area contributed by atoms with Crippen molar-refractivity contribution < 1.29 is 19.1 Å². The Morgan fingerprint density at radius 3 is 2.41 bits per heavy atom. The normalized spacial score (nSPS) is 10.7. The van der Waals surface area contributed by atoms with E-state index >= 15 is 0 Å². The van der Waals surface area contributed by atoms with Crippen LogP contribution in [0.4, 0.5) is 0 Å². The Bertz CT molecular complexity index is 564. The summed E-state index contributed by atoms with van der Waals surface area (Å²) < 4.78 is 10.3. The Labute approximate surface area is 136 Å². The molecule has 0 aliphatic rings. The molecule has 0 fully saturated rings. The van der Waals surface area contributed by atoms with Gasteiger partial charge in [0.05, 0.1) is 18.8 Å². The van der Waals surface area contributed by atoms with Gasteiger partial charge in [0.25, 0.3) is 0 Å². The lowest BCUT2D eigenvalue weighted by atomic mass is 9.97. The summed E-state index contributed by atoms with van der Waals surface area (Å²) in [4.78, 5) is 23.6. The first kappa shape index (κ1) is 18.5. The van der Waals surface area contributed by atoms with Gasteiger partial charge in [-0.15, -0.1) is 0 Å². The van der Waals surface area contributed by atoms with Crippen LogP contribution >= 0.6 is 11.6 Å². The van der Waals surface area contributed by atoms with E-state index in [4.69, 9.17) is 16.3 Å². The van der Waals surface area contributed by atoms with E-state index in [1.807, 2.05) is 27.7 Å². The van der Waals surface area contributed by atoms with Gasteiger partial charge >= 0.3 is 5.97 Å². The summed E-state index contributed by atoms with van der Waals surface area (Å²) in [5.74, 6) is 0.168. The fourth-order valence-electron chi connectivity index (χ4n) is 2.24. The summed E-state index contributed by atoms with van der Waals surface area (Å²) >= 11 is 6.26. The van der Waals surface area contributed by atoms with Crippen molar-refractivity contribution in [3.63, 3.8) is 0 Å². The first-order valence-corrected chi connectivity index (χ1v) is 7.72. The molecule has 0 spiro atoms. The molecule has 0 unspecified atom stereocenters. The molecule has 22 heavy (non-hydrogen) atoms. The number of rotatable bonds is 7. The number of benzene rings is 1. The Morgan fingerprint density at radius 2 is 1.86 bits per heavy atom. The zero-order valence-corrected chi connectivity index (χ0v) is 14.5. The molecule has 0 radical (unpaired) electrons. The molecule has 5 heteroatoms. The number of aryl methyl sites for hydroxylation is 1. The minimum Gasteiger partial charge on any atom is -0.490 e. The fraction of sp³-hybridized carbons (Fsp3) is 0.529. The van der Waals surface area contributed by atoms with Crippen molar-refractivity contribution in [3.8, 4) is 5.75 Å². The molecule has 0 aliphatic heterocycles. The van der Waals surface area contributed by atoms with E-state index in [0.29, 0.717) is 22.8 Å². The number of ketones is 1. The molecule has 0 saturated carbocycles. The van der Waals surface area contributed by atoms with Gasteiger partial charge in [0.15, 0.2) is 5.78 Å². The summed E-state index contributed by atoms with van der Waals surface area (Å²) in [5.41, 5.74) is 2.11. The van der Waals surface area contributed by atoms with Crippen LogP contribution in [0.1, 0.15) is 54.6 Å². The van der Waals surface area contributed by atoms with Crippen LogP contribution in [-0.2, 0) is 9.53 Å². The van der Waals surface area contributed by atoms with Crippen molar-refractivity contribution >= 4 is 23.4 Å². The molecular weight excluding hydrogens is 304 g/mol. The van der Waals surface area contributed by atoms with Crippen LogP contribution < -0.4 is 4.74 Å². The summed E-state index contributed by atoms with van der Waals surface area (Å²) in [6.45, 7) is 7.51. The van der Waals surface area contributed by atoms with Crippen molar-refractivity contribution in [2.45, 2.75) is 53.1 Å². The number of methoxy groups -OCH3 is 1. The molecule has 1 rings (SSSR count). The average molecular weight is 327 g/mol. The SMILES string of the molecule is COC(=O)CCCC(=O)c1c(OC(C)C)cc(C)c(Cl)c1C. The van der Waals surface area contributed by atoms with Gasteiger partial charge in [-0.05, 0) is 51.3 Å². The average Bonchev–Trinajstić information content (AvgIpc) is 2.44. The van der Waals surface area contributed by atoms with Crippen LogP contribution in [0, 0.1) is 13.8 Å². The predicted octanol–water partition coefficient (Wildman–Crippen LogP) is 4.27. The second-order valence-corrected chi connectivity index (χ2v) is 5.90. The van der Waals surface area contributed by atoms with Gasteiger partial charge in [0.2, 0.25) is 0 Å². The molecule has 1 aromatic rings. The molecule has 0 amide bonds. The lowest BCUT2D eigenvalue weighted by Gasteiger charge is -2.18. The number of halogens is 1.